The van der Waals surface area contributed by atoms with Gasteiger partial charge in [-0.3, -0.25) is 0 Å². The SMILES string of the molecule is c1ccc(CC2COC(c3cccc4c3C3(CC4)CCc4cccc(P(c5ccccc5)c5ccccc5)c43)=N2)cc1. The van der Waals surface area contributed by atoms with E-state index in [9.17, 15) is 0 Å². The molecule has 0 aromatic heterocycles. The van der Waals surface area contributed by atoms with Crippen molar-refractivity contribution in [2.24, 2.45) is 4.99 Å². The third kappa shape index (κ3) is 4.32. The lowest BCUT2D eigenvalue weighted by Gasteiger charge is -2.33. The van der Waals surface area contributed by atoms with Gasteiger partial charge in [0.05, 0.1) is 6.04 Å². The van der Waals surface area contributed by atoms with Gasteiger partial charge in [-0.15, -0.1) is 0 Å². The van der Waals surface area contributed by atoms with Crippen LogP contribution in [0.1, 0.15) is 46.2 Å². The number of hydrogen-bond acceptors (Lipinski definition) is 2. The average molecular weight is 564 g/mol. The molecule has 0 bridgehead atoms. The Labute approximate surface area is 249 Å². The van der Waals surface area contributed by atoms with Crippen LogP contribution in [0.5, 0.6) is 0 Å². The van der Waals surface area contributed by atoms with Gasteiger partial charge in [0, 0.05) is 11.0 Å². The molecule has 0 amide bonds. The summed E-state index contributed by atoms with van der Waals surface area (Å²) in [6.07, 6.45) is 5.43. The van der Waals surface area contributed by atoms with Crippen LogP contribution in [0, 0.1) is 0 Å². The summed E-state index contributed by atoms with van der Waals surface area (Å²) < 4.78 is 6.41. The molecule has 2 atom stereocenters. The van der Waals surface area contributed by atoms with Crippen molar-refractivity contribution in [3.63, 3.8) is 0 Å². The largest absolute Gasteiger partial charge is 0.475 e. The van der Waals surface area contributed by atoms with Crippen molar-refractivity contribution in [3.8, 4) is 0 Å². The monoisotopic (exact) mass is 563 g/mol. The zero-order valence-electron chi connectivity index (χ0n) is 23.7. The number of fused-ring (bicyclic) bond motifs is 4. The highest BCUT2D eigenvalue weighted by molar-refractivity contribution is 7.79. The standard InChI is InChI=1S/C39H34NOP/c1-4-12-28(13-5-1)26-31-27-41-38(40-31)34-20-10-14-29-22-24-39(36(29)34)25-23-30-15-11-21-35(37(30)39)42(32-16-6-2-7-17-32)33-18-8-3-9-19-33/h1-21,31H,22-27H2. The highest BCUT2D eigenvalue weighted by atomic mass is 31.1. The predicted octanol–water partition coefficient (Wildman–Crippen LogP) is 7.01. The molecule has 2 unspecified atom stereocenters. The van der Waals surface area contributed by atoms with Gasteiger partial charge in [-0.1, -0.05) is 121 Å². The molecule has 206 valence electrons. The van der Waals surface area contributed by atoms with E-state index in [4.69, 9.17) is 9.73 Å². The molecule has 3 aliphatic rings. The van der Waals surface area contributed by atoms with Crippen LogP contribution >= 0.6 is 7.92 Å². The van der Waals surface area contributed by atoms with E-state index in [0.717, 1.165) is 38.0 Å². The van der Waals surface area contributed by atoms with Gasteiger partial charge in [-0.25, -0.2) is 4.99 Å². The Balaban J connectivity index is 1.26. The van der Waals surface area contributed by atoms with Gasteiger partial charge in [0.1, 0.15) is 6.61 Å². The fourth-order valence-electron chi connectivity index (χ4n) is 7.67. The fourth-order valence-corrected chi connectivity index (χ4v) is 10.3. The fraction of sp³-hybridized carbons (Fsp3) is 0.205. The van der Waals surface area contributed by atoms with E-state index in [1.165, 1.54) is 43.7 Å². The van der Waals surface area contributed by atoms with Crippen molar-refractivity contribution < 1.29 is 4.74 Å². The van der Waals surface area contributed by atoms with Crippen LogP contribution in [-0.4, -0.2) is 18.5 Å². The number of aryl methyl sites for hydroxylation is 2. The van der Waals surface area contributed by atoms with Crippen LogP contribution in [0.15, 0.2) is 132 Å². The summed E-state index contributed by atoms with van der Waals surface area (Å²) in [4.78, 5) is 5.19. The molecule has 8 rings (SSSR count). The maximum absolute atomic E-state index is 6.41. The quantitative estimate of drug-likeness (QED) is 0.204. The number of hydrogen-bond donors (Lipinski definition) is 0. The van der Waals surface area contributed by atoms with Crippen molar-refractivity contribution in [1.82, 2.24) is 0 Å². The molecule has 0 N–H and O–H groups in total. The van der Waals surface area contributed by atoms with Gasteiger partial charge in [0.2, 0.25) is 5.90 Å². The minimum Gasteiger partial charge on any atom is -0.475 e. The Morgan fingerprint density at radius 1 is 0.643 bits per heavy atom. The van der Waals surface area contributed by atoms with Crippen LogP contribution in [0.3, 0.4) is 0 Å². The first-order valence-electron chi connectivity index (χ1n) is 15.2. The molecule has 5 aromatic rings. The van der Waals surface area contributed by atoms with Crippen molar-refractivity contribution in [2.45, 2.75) is 43.6 Å². The minimum absolute atomic E-state index is 0.00854. The molecular formula is C39H34NOP. The van der Waals surface area contributed by atoms with Crippen molar-refractivity contribution >= 4 is 29.7 Å². The average Bonchev–Trinajstić information content (AvgIpc) is 3.78. The second kappa shape index (κ2) is 10.7. The number of rotatable bonds is 6. The van der Waals surface area contributed by atoms with Crippen molar-refractivity contribution in [1.29, 1.82) is 0 Å². The molecule has 2 aliphatic carbocycles. The molecule has 0 saturated carbocycles. The Morgan fingerprint density at radius 3 is 1.90 bits per heavy atom. The summed E-state index contributed by atoms with van der Waals surface area (Å²) in [7, 11) is -0.697. The second-order valence-electron chi connectivity index (χ2n) is 11.8. The normalized spacial score (nSPS) is 20.4. The number of benzene rings is 5. The van der Waals surface area contributed by atoms with Gasteiger partial charge in [-0.05, 0) is 89.8 Å². The third-order valence-electron chi connectivity index (χ3n) is 9.41. The van der Waals surface area contributed by atoms with E-state index in [-0.39, 0.29) is 11.5 Å². The minimum atomic E-state index is -0.697. The van der Waals surface area contributed by atoms with Crippen LogP contribution in [0.4, 0.5) is 0 Å². The molecule has 2 nitrogen and oxygen atoms in total. The van der Waals surface area contributed by atoms with Gasteiger partial charge in [-0.2, -0.15) is 0 Å². The van der Waals surface area contributed by atoms with Gasteiger partial charge in [0.15, 0.2) is 0 Å². The smallest absolute Gasteiger partial charge is 0.216 e. The molecule has 1 spiro atoms. The summed E-state index contributed by atoms with van der Waals surface area (Å²) in [6.45, 7) is 0.649. The molecule has 0 fully saturated rings. The van der Waals surface area contributed by atoms with Crippen LogP contribution in [0.2, 0.25) is 0 Å². The zero-order valence-corrected chi connectivity index (χ0v) is 24.6. The topological polar surface area (TPSA) is 21.6 Å². The molecular weight excluding hydrogens is 529 g/mol. The first-order chi connectivity index (χ1) is 20.8. The van der Waals surface area contributed by atoms with Crippen molar-refractivity contribution in [2.75, 3.05) is 6.61 Å². The second-order valence-corrected chi connectivity index (χ2v) is 14.0. The lowest BCUT2D eigenvalue weighted by Crippen LogP contribution is -2.32. The van der Waals surface area contributed by atoms with Crippen molar-refractivity contribution in [3.05, 3.63) is 161 Å². The van der Waals surface area contributed by atoms with Crippen LogP contribution in [0.25, 0.3) is 0 Å². The van der Waals surface area contributed by atoms with E-state index in [1.807, 2.05) is 0 Å². The highest BCUT2D eigenvalue weighted by Gasteiger charge is 2.49. The summed E-state index contributed by atoms with van der Waals surface area (Å²) in [5.41, 5.74) is 8.57. The predicted molar refractivity (Wildman–Crippen MR) is 175 cm³/mol. The first kappa shape index (κ1) is 25.7. The summed E-state index contributed by atoms with van der Waals surface area (Å²) in [5, 5.41) is 4.33. The molecule has 1 heterocycles. The Morgan fingerprint density at radius 2 is 1.24 bits per heavy atom. The molecule has 1 aliphatic heterocycles. The molecule has 42 heavy (non-hydrogen) atoms. The van der Waals surface area contributed by atoms with Gasteiger partial charge >= 0.3 is 0 Å². The maximum Gasteiger partial charge on any atom is 0.216 e. The van der Waals surface area contributed by atoms with E-state index < -0.39 is 7.92 Å². The van der Waals surface area contributed by atoms with Crippen LogP contribution < -0.4 is 15.9 Å². The molecule has 3 heteroatoms. The number of nitrogens with zero attached hydrogens (tertiary/aromatic N) is 1. The summed E-state index contributed by atoms with van der Waals surface area (Å²) in [5.74, 6) is 0.841. The van der Waals surface area contributed by atoms with E-state index in [1.54, 1.807) is 5.56 Å². The van der Waals surface area contributed by atoms with E-state index in [0.29, 0.717) is 6.61 Å². The Hall–Kier alpha value is -4.00. The number of aliphatic imine (C=N–C) groups is 1. The molecule has 0 radical (unpaired) electrons. The maximum atomic E-state index is 6.41. The Kier molecular flexibility index (Phi) is 6.53. The third-order valence-corrected chi connectivity index (χ3v) is 11.9. The van der Waals surface area contributed by atoms with E-state index in [2.05, 4.69) is 127 Å². The van der Waals surface area contributed by atoms with Gasteiger partial charge < -0.3 is 4.74 Å². The van der Waals surface area contributed by atoms with E-state index >= 15 is 0 Å². The van der Waals surface area contributed by atoms with Crippen LogP contribution in [-0.2, 0) is 29.4 Å². The number of ether oxygens (including phenoxy) is 1. The lowest BCUT2D eigenvalue weighted by atomic mass is 9.74. The van der Waals surface area contributed by atoms with Gasteiger partial charge in [0.25, 0.3) is 0 Å². The highest BCUT2D eigenvalue weighted by Crippen LogP contribution is 2.55. The lowest BCUT2D eigenvalue weighted by molar-refractivity contribution is 0.316. The summed E-state index contributed by atoms with van der Waals surface area (Å²) >= 11 is 0. The first-order valence-corrected chi connectivity index (χ1v) is 16.5. The Bertz CT molecular complexity index is 1720. The molecule has 0 saturated heterocycles. The zero-order chi connectivity index (χ0) is 27.9. The molecule has 5 aromatic carbocycles. The summed E-state index contributed by atoms with van der Waals surface area (Å²) in [6, 6.07) is 47.1.